The average Bonchev–Trinajstić information content (AvgIpc) is 3.16. The number of nitrogens with zero attached hydrogens (tertiary/aromatic N) is 1. The molecule has 3 aromatic rings. The second-order valence-corrected chi connectivity index (χ2v) is 6.40. The van der Waals surface area contributed by atoms with Gasteiger partial charge in [-0.1, -0.05) is 5.16 Å². The first-order valence-corrected chi connectivity index (χ1v) is 8.17. The molecule has 0 aliphatic carbocycles. The number of rotatable bonds is 5. The fourth-order valence-corrected chi connectivity index (χ4v) is 2.93. The van der Waals surface area contributed by atoms with Crippen LogP contribution in [0.25, 0.3) is 11.5 Å². The van der Waals surface area contributed by atoms with Crippen LogP contribution in [0.3, 0.4) is 0 Å². The fourth-order valence-electron chi connectivity index (χ4n) is 1.94. The maximum absolute atomic E-state index is 12.3. The second-order valence-electron chi connectivity index (χ2n) is 4.79. The van der Waals surface area contributed by atoms with Crippen LogP contribution in [0.4, 0.5) is 5.69 Å². The van der Waals surface area contributed by atoms with Gasteiger partial charge < -0.3 is 13.7 Å². The van der Waals surface area contributed by atoms with Crippen molar-refractivity contribution in [1.29, 1.82) is 0 Å². The first-order chi connectivity index (χ1) is 11.0. The minimum Gasteiger partial charge on any atom is -0.497 e. The van der Waals surface area contributed by atoms with E-state index < -0.39 is 10.0 Å². The monoisotopic (exact) mass is 334 g/mol. The Labute approximate surface area is 132 Å². The number of hydrogen-bond donors (Lipinski definition) is 1. The molecule has 1 aromatic carbocycles. The van der Waals surface area contributed by atoms with Gasteiger partial charge in [-0.2, -0.15) is 8.42 Å². The van der Waals surface area contributed by atoms with Crippen molar-refractivity contribution in [2.75, 3.05) is 11.8 Å². The molecule has 0 aliphatic heterocycles. The lowest BCUT2D eigenvalue weighted by Gasteiger charge is -2.06. The summed E-state index contributed by atoms with van der Waals surface area (Å²) in [7, 11) is -2.30. The molecule has 8 heteroatoms. The number of nitrogens with one attached hydrogen (secondary N) is 1. The number of ether oxygens (including phenoxy) is 1. The predicted molar refractivity (Wildman–Crippen MR) is 82.7 cm³/mol. The summed E-state index contributed by atoms with van der Waals surface area (Å²) in [4.78, 5) is 0. The van der Waals surface area contributed by atoms with Crippen LogP contribution in [-0.4, -0.2) is 20.7 Å². The molecule has 0 saturated heterocycles. The Balaban J connectivity index is 1.83. The maximum atomic E-state index is 12.3. The van der Waals surface area contributed by atoms with Crippen molar-refractivity contribution in [2.45, 2.75) is 12.0 Å². The summed E-state index contributed by atoms with van der Waals surface area (Å²) in [5.41, 5.74) is 1.08. The third-order valence-corrected chi connectivity index (χ3v) is 4.31. The molecule has 0 atom stereocenters. The Morgan fingerprint density at radius 3 is 2.43 bits per heavy atom. The summed E-state index contributed by atoms with van der Waals surface area (Å²) >= 11 is 0. The summed E-state index contributed by atoms with van der Waals surface area (Å²) < 4.78 is 42.5. The highest BCUT2D eigenvalue weighted by Crippen LogP contribution is 2.26. The van der Waals surface area contributed by atoms with Gasteiger partial charge in [-0.05, 0) is 43.3 Å². The van der Waals surface area contributed by atoms with Crippen molar-refractivity contribution in [3.63, 3.8) is 0 Å². The van der Waals surface area contributed by atoms with E-state index in [4.69, 9.17) is 13.7 Å². The number of furan rings is 1. The highest BCUT2D eigenvalue weighted by molar-refractivity contribution is 7.92. The van der Waals surface area contributed by atoms with E-state index in [0.29, 0.717) is 28.7 Å². The van der Waals surface area contributed by atoms with Gasteiger partial charge in [0.05, 0.1) is 12.8 Å². The summed E-state index contributed by atoms with van der Waals surface area (Å²) in [6, 6.07) is 11.0. The number of aromatic nitrogens is 1. The predicted octanol–water partition coefficient (Wildman–Crippen LogP) is 3.05. The first kappa shape index (κ1) is 15.2. The zero-order chi connectivity index (χ0) is 16.4. The summed E-state index contributed by atoms with van der Waals surface area (Å²) in [6.07, 6.45) is 0. The van der Waals surface area contributed by atoms with Crippen LogP contribution >= 0.6 is 0 Å². The molecule has 0 saturated carbocycles. The third kappa shape index (κ3) is 3.21. The SMILES string of the molecule is COc1ccc(NS(=O)(=O)c2ccc(-c3cc(C)no3)o2)cc1. The topological polar surface area (TPSA) is 94.6 Å². The van der Waals surface area contributed by atoms with Gasteiger partial charge >= 0.3 is 0 Å². The molecule has 0 amide bonds. The lowest BCUT2D eigenvalue weighted by molar-refractivity contribution is 0.398. The molecule has 0 bridgehead atoms. The van der Waals surface area contributed by atoms with Crippen LogP contribution in [0.1, 0.15) is 5.69 Å². The first-order valence-electron chi connectivity index (χ1n) is 6.68. The standard InChI is InChI=1S/C15H14N2O5S/c1-10-9-14(22-16-10)13-7-8-15(21-13)23(18,19)17-11-3-5-12(20-2)6-4-11/h3-9,17H,1-2H3. The Kier molecular flexibility index (Phi) is 3.83. The van der Waals surface area contributed by atoms with E-state index >= 15 is 0 Å². The molecule has 1 N–H and O–H groups in total. The number of aryl methyl sites for hydroxylation is 1. The van der Waals surface area contributed by atoms with Crippen LogP contribution in [0, 0.1) is 6.92 Å². The van der Waals surface area contributed by atoms with Crippen molar-refractivity contribution < 1.29 is 22.1 Å². The molecular weight excluding hydrogens is 320 g/mol. The van der Waals surface area contributed by atoms with Gasteiger partial charge in [-0.15, -0.1) is 0 Å². The van der Waals surface area contributed by atoms with E-state index in [0.717, 1.165) is 0 Å². The number of sulfonamides is 1. The number of methoxy groups -OCH3 is 1. The Bertz CT molecular complexity index is 910. The summed E-state index contributed by atoms with van der Waals surface area (Å²) in [6.45, 7) is 1.76. The van der Waals surface area contributed by atoms with Gasteiger partial charge in [0.25, 0.3) is 10.0 Å². The zero-order valence-electron chi connectivity index (χ0n) is 12.4. The van der Waals surface area contributed by atoms with Gasteiger partial charge in [-0.3, -0.25) is 4.72 Å². The Hall–Kier alpha value is -2.74. The van der Waals surface area contributed by atoms with Gasteiger partial charge in [-0.25, -0.2) is 0 Å². The lowest BCUT2D eigenvalue weighted by Crippen LogP contribution is -2.11. The largest absolute Gasteiger partial charge is 0.497 e. The molecule has 120 valence electrons. The van der Waals surface area contributed by atoms with E-state index in [1.165, 1.54) is 19.2 Å². The molecule has 0 fully saturated rings. The average molecular weight is 334 g/mol. The van der Waals surface area contributed by atoms with Crippen LogP contribution < -0.4 is 9.46 Å². The Morgan fingerprint density at radius 1 is 1.09 bits per heavy atom. The third-order valence-electron chi connectivity index (χ3n) is 3.06. The summed E-state index contributed by atoms with van der Waals surface area (Å²) in [5.74, 6) is 1.29. The number of anilines is 1. The Morgan fingerprint density at radius 2 is 1.83 bits per heavy atom. The van der Waals surface area contributed by atoms with Gasteiger partial charge in [0.15, 0.2) is 5.76 Å². The van der Waals surface area contributed by atoms with E-state index in [1.807, 2.05) is 0 Å². The van der Waals surface area contributed by atoms with E-state index in [1.54, 1.807) is 37.3 Å². The van der Waals surface area contributed by atoms with Crippen LogP contribution in [0.5, 0.6) is 5.75 Å². The van der Waals surface area contributed by atoms with Gasteiger partial charge in [0, 0.05) is 11.8 Å². The quantitative estimate of drug-likeness (QED) is 0.770. The molecule has 0 spiro atoms. The molecule has 0 unspecified atom stereocenters. The maximum Gasteiger partial charge on any atom is 0.295 e. The highest BCUT2D eigenvalue weighted by Gasteiger charge is 2.20. The van der Waals surface area contributed by atoms with Gasteiger partial charge in [0.2, 0.25) is 10.9 Å². The minimum atomic E-state index is -3.83. The lowest BCUT2D eigenvalue weighted by atomic mass is 10.3. The van der Waals surface area contributed by atoms with Gasteiger partial charge in [0.1, 0.15) is 5.75 Å². The van der Waals surface area contributed by atoms with E-state index in [-0.39, 0.29) is 5.09 Å². The van der Waals surface area contributed by atoms with Crippen LogP contribution in [0.15, 0.2) is 56.5 Å². The molecule has 2 aromatic heterocycles. The second kappa shape index (κ2) is 5.81. The summed E-state index contributed by atoms with van der Waals surface area (Å²) in [5, 5.41) is 3.53. The van der Waals surface area contributed by atoms with Crippen molar-refractivity contribution >= 4 is 15.7 Å². The fraction of sp³-hybridized carbons (Fsp3) is 0.133. The van der Waals surface area contributed by atoms with Crippen molar-refractivity contribution in [3.05, 3.63) is 48.2 Å². The van der Waals surface area contributed by atoms with Crippen molar-refractivity contribution in [3.8, 4) is 17.3 Å². The number of hydrogen-bond acceptors (Lipinski definition) is 6. The molecule has 0 aliphatic rings. The molecule has 0 radical (unpaired) electrons. The smallest absolute Gasteiger partial charge is 0.295 e. The number of benzene rings is 1. The van der Waals surface area contributed by atoms with Crippen molar-refractivity contribution in [1.82, 2.24) is 5.16 Å². The molecule has 2 heterocycles. The molecular formula is C15H14N2O5S. The van der Waals surface area contributed by atoms with E-state index in [2.05, 4.69) is 9.88 Å². The molecule has 7 nitrogen and oxygen atoms in total. The van der Waals surface area contributed by atoms with Crippen LogP contribution in [-0.2, 0) is 10.0 Å². The molecule has 23 heavy (non-hydrogen) atoms. The highest BCUT2D eigenvalue weighted by atomic mass is 32.2. The van der Waals surface area contributed by atoms with E-state index in [9.17, 15) is 8.42 Å². The van der Waals surface area contributed by atoms with Crippen LogP contribution in [0.2, 0.25) is 0 Å². The van der Waals surface area contributed by atoms with Crippen molar-refractivity contribution in [2.24, 2.45) is 0 Å². The minimum absolute atomic E-state index is 0.211. The molecule has 3 rings (SSSR count). The normalized spacial score (nSPS) is 11.4. The zero-order valence-corrected chi connectivity index (χ0v) is 13.3.